The summed E-state index contributed by atoms with van der Waals surface area (Å²) in [5.41, 5.74) is 7.69. The number of carbonyl (C=O) groups excluding carboxylic acids is 1. The molecular weight excluding hydrogens is 220 g/mol. The Morgan fingerprint density at radius 1 is 1.47 bits per heavy atom. The van der Waals surface area contributed by atoms with Crippen LogP contribution in [0.2, 0.25) is 0 Å². The molecule has 1 aromatic carbocycles. The van der Waals surface area contributed by atoms with Crippen molar-refractivity contribution in [2.24, 2.45) is 5.11 Å². The molecule has 1 amide bonds. The molecule has 2 N–H and O–H groups in total. The van der Waals surface area contributed by atoms with Crippen LogP contribution in [0.3, 0.4) is 0 Å². The summed E-state index contributed by atoms with van der Waals surface area (Å²) in [6.07, 6.45) is 0.229. The van der Waals surface area contributed by atoms with Crippen LogP contribution in [-0.4, -0.2) is 35.1 Å². The highest BCUT2D eigenvalue weighted by molar-refractivity contribution is 5.94. The van der Waals surface area contributed by atoms with Crippen molar-refractivity contribution in [2.45, 2.75) is 12.5 Å². The van der Waals surface area contributed by atoms with Gasteiger partial charge in [-0.05, 0) is 30.7 Å². The van der Waals surface area contributed by atoms with Gasteiger partial charge in [0.25, 0.3) is 5.91 Å². The molecule has 0 spiro atoms. The first-order valence-corrected chi connectivity index (χ1v) is 5.35. The third-order valence-corrected chi connectivity index (χ3v) is 2.73. The van der Waals surface area contributed by atoms with E-state index in [1.54, 1.807) is 29.2 Å². The second-order valence-corrected chi connectivity index (χ2v) is 3.94. The van der Waals surface area contributed by atoms with Gasteiger partial charge in [0.15, 0.2) is 10.8 Å². The zero-order valence-electron chi connectivity index (χ0n) is 9.21. The molecular formula is C11H13N4O2+. The Morgan fingerprint density at radius 3 is 2.71 bits per heavy atom. The molecule has 0 unspecified atom stereocenters. The van der Waals surface area contributed by atoms with Crippen molar-refractivity contribution in [3.05, 3.63) is 29.8 Å². The maximum absolute atomic E-state index is 12.0. The smallest absolute Gasteiger partial charge is 0.253 e. The van der Waals surface area contributed by atoms with E-state index in [1.165, 1.54) is 0 Å². The highest BCUT2D eigenvalue weighted by Gasteiger charge is 2.25. The topological polar surface area (TPSA) is 90.8 Å². The predicted molar refractivity (Wildman–Crippen MR) is 59.9 cm³/mol. The summed E-state index contributed by atoms with van der Waals surface area (Å²) in [6.45, 7) is 0.987. The minimum atomic E-state index is -0.407. The molecule has 1 aromatic rings. The van der Waals surface area contributed by atoms with E-state index in [0.717, 1.165) is 0 Å². The van der Waals surface area contributed by atoms with Crippen LogP contribution in [0.15, 0.2) is 29.4 Å². The molecule has 1 aliphatic heterocycles. The minimum absolute atomic E-state index is 0.0871. The molecule has 0 aliphatic carbocycles. The number of nitrogens with one attached hydrogen (secondary N) is 1. The number of hydrogen-bond donors (Lipinski definition) is 2. The number of nitrogens with zero attached hydrogens (tertiary/aromatic N) is 3. The third kappa shape index (κ3) is 2.55. The summed E-state index contributed by atoms with van der Waals surface area (Å²) in [4.78, 5) is 16.5. The van der Waals surface area contributed by atoms with Crippen molar-refractivity contribution in [3.63, 3.8) is 0 Å². The van der Waals surface area contributed by atoms with Crippen molar-refractivity contribution in [1.29, 1.82) is 5.53 Å². The first-order chi connectivity index (χ1) is 8.20. The van der Waals surface area contributed by atoms with E-state index in [1.807, 2.05) is 0 Å². The number of benzene rings is 1. The molecule has 0 radical (unpaired) electrons. The number of amides is 1. The molecule has 1 atom stereocenters. The first-order valence-electron chi connectivity index (χ1n) is 5.35. The molecule has 1 aliphatic rings. The molecule has 0 bridgehead atoms. The van der Waals surface area contributed by atoms with Gasteiger partial charge in [0.05, 0.1) is 6.10 Å². The molecule has 6 nitrogen and oxygen atoms in total. The van der Waals surface area contributed by atoms with Gasteiger partial charge in [0.2, 0.25) is 4.91 Å². The normalized spacial score (nSPS) is 18.9. The van der Waals surface area contributed by atoms with Gasteiger partial charge in [-0.15, -0.1) is 0 Å². The lowest BCUT2D eigenvalue weighted by Gasteiger charge is -2.15. The Labute approximate surface area is 98.1 Å². The van der Waals surface area contributed by atoms with Gasteiger partial charge in [-0.25, -0.2) is 0 Å². The lowest BCUT2D eigenvalue weighted by atomic mass is 10.2. The average molecular weight is 233 g/mol. The molecule has 17 heavy (non-hydrogen) atoms. The van der Waals surface area contributed by atoms with Crippen LogP contribution in [-0.2, 0) is 0 Å². The van der Waals surface area contributed by atoms with E-state index in [-0.39, 0.29) is 5.91 Å². The van der Waals surface area contributed by atoms with Gasteiger partial charge in [-0.3, -0.25) is 4.79 Å². The predicted octanol–water partition coefficient (Wildman–Crippen LogP) is 1.08. The van der Waals surface area contributed by atoms with E-state index in [2.05, 4.69) is 10.0 Å². The lowest BCUT2D eigenvalue weighted by Crippen LogP contribution is -2.29. The molecule has 1 heterocycles. The van der Waals surface area contributed by atoms with E-state index in [0.29, 0.717) is 30.8 Å². The maximum Gasteiger partial charge on any atom is 0.253 e. The van der Waals surface area contributed by atoms with Gasteiger partial charge in [-0.2, -0.15) is 0 Å². The number of hydrogen-bond acceptors (Lipinski definition) is 4. The van der Waals surface area contributed by atoms with E-state index < -0.39 is 6.10 Å². The number of β-amino-alcohol motifs (C(OH)–C–C–N with tert-alkyl or cyclic N) is 1. The fourth-order valence-electron chi connectivity index (χ4n) is 1.84. The highest BCUT2D eigenvalue weighted by Crippen LogP contribution is 2.16. The number of carbonyl (C=O) groups is 1. The average Bonchev–Trinajstić information content (AvgIpc) is 2.76. The summed E-state index contributed by atoms with van der Waals surface area (Å²) in [7, 11) is 0. The summed E-state index contributed by atoms with van der Waals surface area (Å²) >= 11 is 0. The van der Waals surface area contributed by atoms with Crippen LogP contribution in [0.25, 0.3) is 0 Å². The Bertz CT molecular complexity index is 465. The van der Waals surface area contributed by atoms with Crippen LogP contribution >= 0.6 is 0 Å². The van der Waals surface area contributed by atoms with E-state index >= 15 is 0 Å². The number of aliphatic hydroxyl groups excluding tert-OH is 1. The van der Waals surface area contributed by atoms with Gasteiger partial charge < -0.3 is 10.0 Å². The summed E-state index contributed by atoms with van der Waals surface area (Å²) in [6, 6.07) is 6.57. The highest BCUT2D eigenvalue weighted by atomic mass is 16.3. The van der Waals surface area contributed by atoms with Crippen molar-refractivity contribution < 1.29 is 9.90 Å². The summed E-state index contributed by atoms with van der Waals surface area (Å²) in [5, 5.41) is 12.9. The van der Waals surface area contributed by atoms with Crippen LogP contribution in [0.4, 0.5) is 5.69 Å². The van der Waals surface area contributed by atoms with E-state index in [9.17, 15) is 9.90 Å². The fourth-order valence-corrected chi connectivity index (χ4v) is 1.84. The molecule has 0 aromatic heterocycles. The van der Waals surface area contributed by atoms with Gasteiger partial charge in [-0.1, -0.05) is 0 Å². The molecule has 1 fully saturated rings. The van der Waals surface area contributed by atoms with Crippen molar-refractivity contribution in [2.75, 3.05) is 13.1 Å². The zero-order chi connectivity index (χ0) is 12.3. The minimum Gasteiger partial charge on any atom is -0.391 e. The Morgan fingerprint density at radius 2 is 2.18 bits per heavy atom. The first kappa shape index (κ1) is 11.4. The van der Waals surface area contributed by atoms with E-state index in [4.69, 9.17) is 5.53 Å². The summed E-state index contributed by atoms with van der Waals surface area (Å²) < 4.78 is 0. The largest absolute Gasteiger partial charge is 0.391 e. The molecule has 0 saturated carbocycles. The quantitative estimate of drug-likeness (QED) is 0.591. The van der Waals surface area contributed by atoms with Crippen LogP contribution < -0.4 is 4.91 Å². The van der Waals surface area contributed by atoms with Crippen molar-refractivity contribution >= 4 is 11.6 Å². The molecule has 88 valence electrons. The Hall–Kier alpha value is -2.04. The number of aliphatic hydroxyl groups is 1. The Balaban J connectivity index is 2.11. The second kappa shape index (κ2) is 4.86. The zero-order valence-corrected chi connectivity index (χ0v) is 9.21. The molecule has 1 saturated heterocycles. The van der Waals surface area contributed by atoms with Gasteiger partial charge in [0.1, 0.15) is 5.53 Å². The molecule has 6 heteroatoms. The maximum atomic E-state index is 12.0. The second-order valence-electron chi connectivity index (χ2n) is 3.94. The number of likely N-dealkylation sites (tertiary alicyclic amines) is 1. The van der Waals surface area contributed by atoms with Crippen LogP contribution in [0.1, 0.15) is 16.8 Å². The van der Waals surface area contributed by atoms with Gasteiger partial charge >= 0.3 is 0 Å². The van der Waals surface area contributed by atoms with Crippen LogP contribution in [0, 0.1) is 5.53 Å². The third-order valence-electron chi connectivity index (χ3n) is 2.73. The Kier molecular flexibility index (Phi) is 3.27. The SMILES string of the molecule is N=[N+]=Nc1ccc(C(=O)N2CC[C@H](O)C2)cc1. The number of rotatable bonds is 2. The van der Waals surface area contributed by atoms with Crippen molar-refractivity contribution in [1.82, 2.24) is 9.81 Å². The molecule has 2 rings (SSSR count). The monoisotopic (exact) mass is 233 g/mol. The standard InChI is InChI=1S/C11H13N4O2/c12-14-13-9-3-1-8(2-4-9)11(17)15-6-5-10(16)7-15/h1-4,10,12,16H,5-7H2/q+1/t10-/m0/s1. The fraction of sp³-hybridized carbons (Fsp3) is 0.364. The lowest BCUT2D eigenvalue weighted by molar-refractivity contribution is 0.0765. The van der Waals surface area contributed by atoms with Crippen LogP contribution in [0.5, 0.6) is 0 Å². The van der Waals surface area contributed by atoms with Crippen molar-refractivity contribution in [3.8, 4) is 0 Å². The van der Waals surface area contributed by atoms with Gasteiger partial charge in [0, 0.05) is 18.7 Å². The summed E-state index contributed by atoms with van der Waals surface area (Å²) in [5.74, 6) is -0.0871.